The first kappa shape index (κ1) is 17.2. The molecule has 0 bridgehead atoms. The maximum Gasteiger partial charge on any atom is 0.341 e. The molecule has 0 unspecified atom stereocenters. The van der Waals surface area contributed by atoms with Gasteiger partial charge in [-0.25, -0.2) is 4.79 Å². The Balaban J connectivity index is 2.34. The summed E-state index contributed by atoms with van der Waals surface area (Å²) in [5, 5.41) is 0. The van der Waals surface area contributed by atoms with Gasteiger partial charge in [-0.15, -0.1) is 0 Å². The highest BCUT2D eigenvalue weighted by atomic mass is 79.9. The van der Waals surface area contributed by atoms with Gasteiger partial charge in [-0.05, 0) is 47.5 Å². The molecule has 23 heavy (non-hydrogen) atoms. The standard InChI is InChI=1S/C18H17BrO4/c1-3-22-18(21)15-9-14(12(2)20)16(19)10-17(15)23-11-13-7-5-4-6-8-13/h4-10H,3,11H2,1-2H3. The molecule has 4 nitrogen and oxygen atoms in total. The molecule has 0 aliphatic carbocycles. The van der Waals surface area contributed by atoms with E-state index in [1.54, 1.807) is 13.0 Å². The highest BCUT2D eigenvalue weighted by molar-refractivity contribution is 9.10. The summed E-state index contributed by atoms with van der Waals surface area (Å²) in [6.45, 7) is 3.74. The lowest BCUT2D eigenvalue weighted by molar-refractivity contribution is 0.0521. The molecule has 0 saturated heterocycles. The van der Waals surface area contributed by atoms with Gasteiger partial charge in [-0.1, -0.05) is 30.3 Å². The summed E-state index contributed by atoms with van der Waals surface area (Å²) in [5.74, 6) is -0.272. The van der Waals surface area contributed by atoms with Crippen LogP contribution in [0.15, 0.2) is 46.9 Å². The van der Waals surface area contributed by atoms with Crippen LogP contribution in [0.1, 0.15) is 40.1 Å². The van der Waals surface area contributed by atoms with Gasteiger partial charge in [0, 0.05) is 10.0 Å². The van der Waals surface area contributed by atoms with Crippen LogP contribution in [0.4, 0.5) is 0 Å². The number of hydrogen-bond acceptors (Lipinski definition) is 4. The number of Topliss-reactive ketones (excluding diaryl/α,β-unsaturated/α-hetero) is 1. The number of ether oxygens (including phenoxy) is 2. The summed E-state index contributed by atoms with van der Waals surface area (Å²) in [6, 6.07) is 12.8. The highest BCUT2D eigenvalue weighted by Gasteiger charge is 2.19. The molecule has 0 fully saturated rings. The number of carbonyl (C=O) groups is 2. The minimum Gasteiger partial charge on any atom is -0.488 e. The lowest BCUT2D eigenvalue weighted by Crippen LogP contribution is -2.10. The number of benzene rings is 2. The molecule has 120 valence electrons. The molecule has 0 aromatic heterocycles. The smallest absolute Gasteiger partial charge is 0.341 e. The van der Waals surface area contributed by atoms with Crippen molar-refractivity contribution < 1.29 is 19.1 Å². The van der Waals surface area contributed by atoms with E-state index in [2.05, 4.69) is 15.9 Å². The van der Waals surface area contributed by atoms with Crippen molar-refractivity contribution in [1.82, 2.24) is 0 Å². The average Bonchev–Trinajstić information content (AvgIpc) is 2.53. The second-order valence-corrected chi connectivity index (χ2v) is 5.73. The molecular weight excluding hydrogens is 360 g/mol. The molecule has 0 atom stereocenters. The molecule has 0 saturated carbocycles. The monoisotopic (exact) mass is 376 g/mol. The van der Waals surface area contributed by atoms with E-state index in [1.807, 2.05) is 30.3 Å². The predicted molar refractivity (Wildman–Crippen MR) is 90.9 cm³/mol. The first-order valence-corrected chi connectivity index (χ1v) is 8.00. The Morgan fingerprint density at radius 1 is 1.09 bits per heavy atom. The molecule has 0 amide bonds. The van der Waals surface area contributed by atoms with E-state index in [4.69, 9.17) is 9.47 Å². The predicted octanol–water partition coefficient (Wildman–Crippen LogP) is 4.41. The SMILES string of the molecule is CCOC(=O)c1cc(C(C)=O)c(Br)cc1OCc1ccccc1. The van der Waals surface area contributed by atoms with Crippen LogP contribution in [-0.2, 0) is 11.3 Å². The van der Waals surface area contributed by atoms with E-state index in [-0.39, 0.29) is 18.0 Å². The molecule has 0 spiro atoms. The fraction of sp³-hybridized carbons (Fsp3) is 0.222. The lowest BCUT2D eigenvalue weighted by Gasteiger charge is -2.13. The topological polar surface area (TPSA) is 52.6 Å². The molecule has 5 heteroatoms. The molecule has 2 rings (SSSR count). The Labute approximate surface area is 143 Å². The zero-order valence-corrected chi connectivity index (χ0v) is 14.6. The Bertz CT molecular complexity index is 710. The van der Waals surface area contributed by atoms with E-state index in [0.29, 0.717) is 22.4 Å². The molecule has 0 aliphatic rings. The van der Waals surface area contributed by atoms with Gasteiger partial charge in [0.2, 0.25) is 0 Å². The van der Waals surface area contributed by atoms with Crippen LogP contribution in [-0.4, -0.2) is 18.4 Å². The zero-order chi connectivity index (χ0) is 16.8. The normalized spacial score (nSPS) is 10.2. The van der Waals surface area contributed by atoms with Gasteiger partial charge in [0.25, 0.3) is 0 Å². The maximum absolute atomic E-state index is 12.1. The van der Waals surface area contributed by atoms with Gasteiger partial charge >= 0.3 is 5.97 Å². The molecule has 0 N–H and O–H groups in total. The van der Waals surface area contributed by atoms with Crippen LogP contribution in [0, 0.1) is 0 Å². The van der Waals surface area contributed by atoms with Crippen LogP contribution in [0.3, 0.4) is 0 Å². The minimum atomic E-state index is -0.509. The Morgan fingerprint density at radius 2 is 1.78 bits per heavy atom. The Kier molecular flexibility index (Phi) is 5.93. The number of carbonyl (C=O) groups excluding carboxylic acids is 2. The Morgan fingerprint density at radius 3 is 2.39 bits per heavy atom. The Hall–Kier alpha value is -2.14. The summed E-state index contributed by atoms with van der Waals surface area (Å²) < 4.78 is 11.4. The molecular formula is C18H17BrO4. The van der Waals surface area contributed by atoms with E-state index >= 15 is 0 Å². The van der Waals surface area contributed by atoms with Crippen molar-refractivity contribution >= 4 is 27.7 Å². The molecule has 0 aliphatic heterocycles. The van der Waals surface area contributed by atoms with Crippen LogP contribution in [0.5, 0.6) is 5.75 Å². The van der Waals surface area contributed by atoms with Crippen LogP contribution in [0.2, 0.25) is 0 Å². The summed E-state index contributed by atoms with van der Waals surface area (Å²) in [4.78, 5) is 23.8. The second-order valence-electron chi connectivity index (χ2n) is 4.88. The van der Waals surface area contributed by atoms with Gasteiger partial charge < -0.3 is 9.47 Å². The van der Waals surface area contributed by atoms with E-state index in [1.165, 1.54) is 13.0 Å². The number of ketones is 1. The van der Waals surface area contributed by atoms with Crippen molar-refractivity contribution in [2.75, 3.05) is 6.61 Å². The third kappa shape index (κ3) is 4.42. The van der Waals surface area contributed by atoms with Gasteiger partial charge in [-0.2, -0.15) is 0 Å². The minimum absolute atomic E-state index is 0.142. The van der Waals surface area contributed by atoms with E-state index < -0.39 is 5.97 Å². The quantitative estimate of drug-likeness (QED) is 0.553. The first-order chi connectivity index (χ1) is 11.0. The number of halogens is 1. The largest absolute Gasteiger partial charge is 0.488 e. The van der Waals surface area contributed by atoms with Crippen LogP contribution in [0.25, 0.3) is 0 Å². The highest BCUT2D eigenvalue weighted by Crippen LogP contribution is 2.29. The first-order valence-electron chi connectivity index (χ1n) is 7.21. The molecule has 2 aromatic carbocycles. The summed E-state index contributed by atoms with van der Waals surface area (Å²) >= 11 is 3.34. The van der Waals surface area contributed by atoms with E-state index in [9.17, 15) is 9.59 Å². The third-order valence-corrected chi connectivity index (χ3v) is 3.84. The molecule has 0 heterocycles. The van der Waals surface area contributed by atoms with Crippen LogP contribution >= 0.6 is 15.9 Å². The van der Waals surface area contributed by atoms with Crippen molar-refractivity contribution in [3.8, 4) is 5.75 Å². The van der Waals surface area contributed by atoms with Crippen molar-refractivity contribution in [2.45, 2.75) is 20.5 Å². The number of rotatable bonds is 6. The fourth-order valence-corrected chi connectivity index (χ4v) is 2.65. The fourth-order valence-electron chi connectivity index (χ4n) is 2.05. The molecule has 2 aromatic rings. The molecule has 0 radical (unpaired) electrons. The lowest BCUT2D eigenvalue weighted by atomic mass is 10.1. The zero-order valence-electron chi connectivity index (χ0n) is 13.0. The summed E-state index contributed by atoms with van der Waals surface area (Å²) in [6.07, 6.45) is 0. The number of esters is 1. The van der Waals surface area contributed by atoms with Gasteiger partial charge in [0.15, 0.2) is 5.78 Å². The van der Waals surface area contributed by atoms with Gasteiger partial charge in [-0.3, -0.25) is 4.79 Å². The summed E-state index contributed by atoms with van der Waals surface area (Å²) in [7, 11) is 0. The van der Waals surface area contributed by atoms with E-state index in [0.717, 1.165) is 5.56 Å². The maximum atomic E-state index is 12.1. The van der Waals surface area contributed by atoms with Gasteiger partial charge in [0.1, 0.15) is 17.9 Å². The number of hydrogen-bond donors (Lipinski definition) is 0. The summed E-state index contributed by atoms with van der Waals surface area (Å²) in [5.41, 5.74) is 1.64. The van der Waals surface area contributed by atoms with Crippen molar-refractivity contribution in [1.29, 1.82) is 0 Å². The van der Waals surface area contributed by atoms with Gasteiger partial charge in [0.05, 0.1) is 6.61 Å². The van der Waals surface area contributed by atoms with Crippen molar-refractivity contribution in [2.24, 2.45) is 0 Å². The van der Waals surface area contributed by atoms with Crippen molar-refractivity contribution in [3.63, 3.8) is 0 Å². The average molecular weight is 377 g/mol. The van der Waals surface area contributed by atoms with Crippen LogP contribution < -0.4 is 4.74 Å². The third-order valence-electron chi connectivity index (χ3n) is 3.18. The second kappa shape index (κ2) is 7.92. The van der Waals surface area contributed by atoms with Crippen molar-refractivity contribution in [3.05, 3.63) is 63.6 Å².